The van der Waals surface area contributed by atoms with Crippen molar-refractivity contribution in [1.82, 2.24) is 4.98 Å². The topological polar surface area (TPSA) is 59.5 Å². The molecule has 0 aliphatic carbocycles. The summed E-state index contributed by atoms with van der Waals surface area (Å²) in [7, 11) is 1.54. The van der Waals surface area contributed by atoms with Crippen LogP contribution in [-0.4, -0.2) is 30.5 Å². The molecular weight excluding hydrogens is 319 g/mol. The van der Waals surface area contributed by atoms with Crippen molar-refractivity contribution in [2.75, 3.05) is 18.6 Å². The van der Waals surface area contributed by atoms with Gasteiger partial charge in [-0.3, -0.25) is 9.69 Å². The average molecular weight is 336 g/mol. The number of amides is 1. The zero-order valence-corrected chi connectivity index (χ0v) is 14.2. The minimum Gasteiger partial charge on any atom is -0.462 e. The standard InChI is InChI=1S/C16H17FN2O3S/c1-5-22-15(21)13-10(3)18-16(23-13)19(4)14(20)12-8-11(17)7-6-9(12)2/h6-8H,5H2,1-4H3. The Labute approximate surface area is 137 Å². The molecule has 5 nitrogen and oxygen atoms in total. The van der Waals surface area contributed by atoms with E-state index in [1.807, 2.05) is 0 Å². The molecule has 0 bridgehead atoms. The summed E-state index contributed by atoms with van der Waals surface area (Å²) >= 11 is 1.07. The van der Waals surface area contributed by atoms with Crippen LogP contribution in [0, 0.1) is 19.7 Å². The molecule has 0 aliphatic heterocycles. The highest BCUT2D eigenvalue weighted by molar-refractivity contribution is 7.17. The van der Waals surface area contributed by atoms with Gasteiger partial charge in [0.15, 0.2) is 5.13 Å². The normalized spacial score (nSPS) is 10.5. The maximum atomic E-state index is 13.4. The summed E-state index contributed by atoms with van der Waals surface area (Å²) in [5.41, 5.74) is 1.43. The monoisotopic (exact) mass is 336 g/mol. The zero-order valence-electron chi connectivity index (χ0n) is 13.3. The number of thiazole rings is 1. The van der Waals surface area contributed by atoms with Gasteiger partial charge >= 0.3 is 5.97 Å². The molecule has 0 fully saturated rings. The molecule has 7 heteroatoms. The highest BCUT2D eigenvalue weighted by Crippen LogP contribution is 2.27. The SMILES string of the molecule is CCOC(=O)c1sc(N(C)C(=O)c2cc(F)ccc2C)nc1C. The molecular formula is C16H17FN2O3S. The Balaban J connectivity index is 2.31. The summed E-state index contributed by atoms with van der Waals surface area (Å²) in [5.74, 6) is -1.32. The molecule has 1 amide bonds. The molecule has 0 radical (unpaired) electrons. The number of rotatable bonds is 4. The zero-order chi connectivity index (χ0) is 17.1. The van der Waals surface area contributed by atoms with Gasteiger partial charge in [-0.1, -0.05) is 17.4 Å². The predicted octanol–water partition coefficient (Wildman–Crippen LogP) is 3.35. The van der Waals surface area contributed by atoms with Crippen molar-refractivity contribution in [3.8, 4) is 0 Å². The summed E-state index contributed by atoms with van der Waals surface area (Å²) in [5, 5.41) is 0.360. The van der Waals surface area contributed by atoms with Crippen molar-refractivity contribution in [2.45, 2.75) is 20.8 Å². The smallest absolute Gasteiger partial charge is 0.350 e. The predicted molar refractivity (Wildman–Crippen MR) is 86.7 cm³/mol. The van der Waals surface area contributed by atoms with Crippen molar-refractivity contribution < 1.29 is 18.7 Å². The summed E-state index contributed by atoms with van der Waals surface area (Å²) in [4.78, 5) is 30.3. The second-order valence-electron chi connectivity index (χ2n) is 4.95. The fourth-order valence-electron chi connectivity index (χ4n) is 2.00. The Morgan fingerprint density at radius 2 is 2.04 bits per heavy atom. The summed E-state index contributed by atoms with van der Waals surface area (Å²) in [6.45, 7) is 5.40. The van der Waals surface area contributed by atoms with E-state index in [0.717, 1.165) is 11.3 Å². The van der Waals surface area contributed by atoms with E-state index in [-0.39, 0.29) is 18.1 Å². The first-order valence-electron chi connectivity index (χ1n) is 7.04. The number of hydrogen-bond acceptors (Lipinski definition) is 5. The first-order valence-corrected chi connectivity index (χ1v) is 7.85. The molecule has 0 aliphatic rings. The van der Waals surface area contributed by atoms with Crippen LogP contribution in [0.4, 0.5) is 9.52 Å². The number of ether oxygens (including phenoxy) is 1. The molecule has 0 atom stereocenters. The van der Waals surface area contributed by atoms with Gasteiger partial charge in [0, 0.05) is 12.6 Å². The number of carbonyl (C=O) groups is 2. The van der Waals surface area contributed by atoms with Gasteiger partial charge in [-0.15, -0.1) is 0 Å². The van der Waals surface area contributed by atoms with Gasteiger partial charge in [0.25, 0.3) is 5.91 Å². The van der Waals surface area contributed by atoms with Gasteiger partial charge in [0.05, 0.1) is 12.3 Å². The minimum absolute atomic E-state index is 0.262. The van der Waals surface area contributed by atoms with Gasteiger partial charge in [-0.25, -0.2) is 14.2 Å². The number of aryl methyl sites for hydroxylation is 2. The van der Waals surface area contributed by atoms with E-state index in [1.165, 1.54) is 17.0 Å². The third-order valence-corrected chi connectivity index (χ3v) is 4.48. The van der Waals surface area contributed by atoms with Crippen LogP contribution in [0.2, 0.25) is 0 Å². The summed E-state index contributed by atoms with van der Waals surface area (Å²) in [6.07, 6.45) is 0. The molecule has 0 N–H and O–H groups in total. The van der Waals surface area contributed by atoms with Gasteiger partial charge in [0.1, 0.15) is 10.7 Å². The minimum atomic E-state index is -0.477. The Bertz CT molecular complexity index is 758. The van der Waals surface area contributed by atoms with Gasteiger partial charge < -0.3 is 4.74 Å². The third-order valence-electron chi connectivity index (χ3n) is 3.27. The second kappa shape index (κ2) is 6.87. The lowest BCUT2D eigenvalue weighted by Gasteiger charge is -2.15. The molecule has 122 valence electrons. The van der Waals surface area contributed by atoms with Crippen molar-refractivity contribution in [3.05, 3.63) is 45.7 Å². The molecule has 1 heterocycles. The van der Waals surface area contributed by atoms with E-state index >= 15 is 0 Å². The number of carbonyl (C=O) groups excluding carboxylic acids is 2. The van der Waals surface area contributed by atoms with Crippen molar-refractivity contribution in [1.29, 1.82) is 0 Å². The number of benzene rings is 1. The number of esters is 1. The van der Waals surface area contributed by atoms with Gasteiger partial charge in [-0.2, -0.15) is 0 Å². The van der Waals surface area contributed by atoms with Crippen molar-refractivity contribution >= 4 is 28.3 Å². The van der Waals surface area contributed by atoms with Gasteiger partial charge in [0.2, 0.25) is 0 Å². The van der Waals surface area contributed by atoms with Crippen LogP contribution in [0.5, 0.6) is 0 Å². The third kappa shape index (κ3) is 3.56. The van der Waals surface area contributed by atoms with E-state index in [1.54, 1.807) is 33.9 Å². The number of aromatic nitrogens is 1. The molecule has 1 aromatic carbocycles. The number of halogens is 1. The number of nitrogens with zero attached hydrogens (tertiary/aromatic N) is 2. The Hall–Kier alpha value is -2.28. The Kier molecular flexibility index (Phi) is 5.10. The lowest BCUT2D eigenvalue weighted by molar-refractivity contribution is 0.0531. The number of hydrogen-bond donors (Lipinski definition) is 0. The van der Waals surface area contributed by atoms with E-state index in [2.05, 4.69) is 4.98 Å². The molecule has 0 saturated carbocycles. The van der Waals surface area contributed by atoms with Crippen molar-refractivity contribution in [2.24, 2.45) is 0 Å². The second-order valence-corrected chi connectivity index (χ2v) is 5.93. The van der Waals surface area contributed by atoms with E-state index in [9.17, 15) is 14.0 Å². The van der Waals surface area contributed by atoms with Crippen LogP contribution in [0.25, 0.3) is 0 Å². The molecule has 2 rings (SSSR count). The Morgan fingerprint density at radius 3 is 2.70 bits per heavy atom. The highest BCUT2D eigenvalue weighted by atomic mass is 32.1. The summed E-state index contributed by atoms with van der Waals surface area (Å²) < 4.78 is 18.3. The maximum absolute atomic E-state index is 13.4. The largest absolute Gasteiger partial charge is 0.462 e. The fraction of sp³-hybridized carbons (Fsp3) is 0.312. The van der Waals surface area contributed by atoms with E-state index < -0.39 is 11.8 Å². The first-order chi connectivity index (χ1) is 10.8. The van der Waals surface area contributed by atoms with Crippen LogP contribution in [-0.2, 0) is 4.74 Å². The molecule has 0 saturated heterocycles. The van der Waals surface area contributed by atoms with E-state index in [4.69, 9.17) is 4.74 Å². The number of anilines is 1. The maximum Gasteiger partial charge on any atom is 0.350 e. The molecule has 2 aromatic rings. The lowest BCUT2D eigenvalue weighted by Crippen LogP contribution is -2.27. The van der Waals surface area contributed by atoms with Gasteiger partial charge in [-0.05, 0) is 38.5 Å². The fourth-order valence-corrected chi connectivity index (χ4v) is 2.92. The molecule has 0 spiro atoms. The quantitative estimate of drug-likeness (QED) is 0.804. The lowest BCUT2D eigenvalue weighted by atomic mass is 10.1. The van der Waals surface area contributed by atoms with Crippen LogP contribution in [0.1, 0.15) is 38.2 Å². The van der Waals surface area contributed by atoms with E-state index in [0.29, 0.717) is 21.3 Å². The average Bonchev–Trinajstić information content (AvgIpc) is 2.90. The van der Waals surface area contributed by atoms with Crippen LogP contribution in [0.15, 0.2) is 18.2 Å². The molecule has 1 aromatic heterocycles. The summed E-state index contributed by atoms with van der Waals surface area (Å²) in [6, 6.07) is 4.05. The van der Waals surface area contributed by atoms with Crippen LogP contribution >= 0.6 is 11.3 Å². The first kappa shape index (κ1) is 17.1. The van der Waals surface area contributed by atoms with Crippen molar-refractivity contribution in [3.63, 3.8) is 0 Å². The Morgan fingerprint density at radius 1 is 1.35 bits per heavy atom. The highest BCUT2D eigenvalue weighted by Gasteiger charge is 2.23. The molecule has 23 heavy (non-hydrogen) atoms. The van der Waals surface area contributed by atoms with Crippen LogP contribution in [0.3, 0.4) is 0 Å². The van der Waals surface area contributed by atoms with Crippen LogP contribution < -0.4 is 4.90 Å². The molecule has 0 unspecified atom stereocenters.